The van der Waals surface area contributed by atoms with Crippen LogP contribution in [0.1, 0.15) is 20.3 Å². The van der Waals surface area contributed by atoms with E-state index in [9.17, 15) is 4.79 Å². The first-order chi connectivity index (χ1) is 10.0. The van der Waals surface area contributed by atoms with Crippen LogP contribution in [-0.4, -0.2) is 59.5 Å². The Balaban J connectivity index is 2.63. The molecule has 0 bridgehead atoms. The second kappa shape index (κ2) is 8.20. The molecule has 0 fully saturated rings. The van der Waals surface area contributed by atoms with Gasteiger partial charge in [-0.2, -0.15) is 15.0 Å². The number of rotatable bonds is 8. The summed E-state index contributed by atoms with van der Waals surface area (Å²) in [7, 11) is 3.65. The minimum Gasteiger partial charge on any atom is -0.354 e. The third-order valence-corrected chi connectivity index (χ3v) is 2.89. The Labute approximate surface area is 124 Å². The Morgan fingerprint density at radius 2 is 1.76 bits per heavy atom. The summed E-state index contributed by atoms with van der Waals surface area (Å²) in [6.07, 6.45) is 0.385. The van der Waals surface area contributed by atoms with Gasteiger partial charge in [-0.05, 0) is 13.8 Å². The molecule has 9 nitrogen and oxygen atoms in total. The van der Waals surface area contributed by atoms with Crippen molar-refractivity contribution in [3.8, 4) is 0 Å². The normalized spacial score (nSPS) is 10.1. The quantitative estimate of drug-likeness (QED) is 0.450. The van der Waals surface area contributed by atoms with Crippen molar-refractivity contribution < 1.29 is 4.79 Å². The predicted octanol–water partition coefficient (Wildman–Crippen LogP) is -0.106. The number of nitrogens with one attached hydrogen (secondary N) is 2. The molecule has 0 aliphatic rings. The Bertz CT molecular complexity index is 461. The first-order valence-electron chi connectivity index (χ1n) is 6.93. The molecule has 0 aliphatic heterocycles. The standard InChI is InChI=1S/C12H24N8O/c1-5-20(6-2)9(21)7-8-14-10-15-11(18-13)17-12(16-10)19(3)4/h5-8,13H2,1-4H3,(H2,14,15,16,17,18). The molecule has 0 saturated heterocycles. The number of hydrogen-bond donors (Lipinski definition) is 3. The van der Waals surface area contributed by atoms with Gasteiger partial charge in [0.25, 0.3) is 0 Å². The van der Waals surface area contributed by atoms with Crippen molar-refractivity contribution in [2.75, 3.05) is 49.4 Å². The molecule has 1 heterocycles. The zero-order valence-corrected chi connectivity index (χ0v) is 13.1. The Kier molecular flexibility index (Phi) is 6.60. The van der Waals surface area contributed by atoms with Gasteiger partial charge < -0.3 is 15.1 Å². The van der Waals surface area contributed by atoms with Gasteiger partial charge in [0.05, 0.1) is 0 Å². The van der Waals surface area contributed by atoms with Crippen LogP contribution in [0, 0.1) is 0 Å². The van der Waals surface area contributed by atoms with E-state index < -0.39 is 0 Å². The Hall–Kier alpha value is -2.16. The summed E-state index contributed by atoms with van der Waals surface area (Å²) in [6.45, 7) is 5.81. The van der Waals surface area contributed by atoms with Crippen LogP contribution in [0.2, 0.25) is 0 Å². The summed E-state index contributed by atoms with van der Waals surface area (Å²) in [6, 6.07) is 0. The van der Waals surface area contributed by atoms with Gasteiger partial charge in [-0.15, -0.1) is 0 Å². The van der Waals surface area contributed by atoms with E-state index in [2.05, 4.69) is 25.7 Å². The fourth-order valence-electron chi connectivity index (χ4n) is 1.72. The lowest BCUT2D eigenvalue weighted by atomic mass is 10.3. The van der Waals surface area contributed by atoms with Crippen LogP contribution in [-0.2, 0) is 4.79 Å². The van der Waals surface area contributed by atoms with Crippen molar-refractivity contribution >= 4 is 23.8 Å². The van der Waals surface area contributed by atoms with E-state index in [4.69, 9.17) is 5.84 Å². The number of nitrogens with zero attached hydrogens (tertiary/aromatic N) is 5. The average molecular weight is 296 g/mol. The predicted molar refractivity (Wildman–Crippen MR) is 83.0 cm³/mol. The highest BCUT2D eigenvalue weighted by atomic mass is 16.2. The summed E-state index contributed by atoms with van der Waals surface area (Å²) in [5.41, 5.74) is 2.39. The van der Waals surface area contributed by atoms with Gasteiger partial charge in [0.2, 0.25) is 23.8 Å². The SMILES string of the molecule is CCN(CC)C(=O)CCNc1nc(NN)nc(N(C)C)n1. The van der Waals surface area contributed by atoms with Crippen LogP contribution >= 0.6 is 0 Å². The molecule has 21 heavy (non-hydrogen) atoms. The molecule has 1 amide bonds. The fourth-order valence-corrected chi connectivity index (χ4v) is 1.72. The maximum atomic E-state index is 11.9. The molecule has 0 saturated carbocycles. The number of aromatic nitrogens is 3. The highest BCUT2D eigenvalue weighted by Crippen LogP contribution is 2.10. The molecule has 0 spiro atoms. The molecule has 0 atom stereocenters. The van der Waals surface area contributed by atoms with Gasteiger partial charge in [0, 0.05) is 40.2 Å². The van der Waals surface area contributed by atoms with Gasteiger partial charge in [0.15, 0.2) is 0 Å². The molecular formula is C12H24N8O. The van der Waals surface area contributed by atoms with Gasteiger partial charge in [-0.25, -0.2) is 5.84 Å². The zero-order chi connectivity index (χ0) is 15.8. The minimum absolute atomic E-state index is 0.103. The van der Waals surface area contributed by atoms with Gasteiger partial charge in [-0.3, -0.25) is 10.2 Å². The Morgan fingerprint density at radius 3 is 2.29 bits per heavy atom. The first-order valence-corrected chi connectivity index (χ1v) is 6.93. The van der Waals surface area contributed by atoms with Crippen LogP contribution < -0.4 is 21.5 Å². The van der Waals surface area contributed by atoms with Crippen molar-refractivity contribution in [1.82, 2.24) is 19.9 Å². The van der Waals surface area contributed by atoms with Gasteiger partial charge in [-0.1, -0.05) is 0 Å². The van der Waals surface area contributed by atoms with Crippen LogP contribution in [0.5, 0.6) is 0 Å². The van der Waals surface area contributed by atoms with Gasteiger partial charge >= 0.3 is 0 Å². The highest BCUT2D eigenvalue weighted by molar-refractivity contribution is 5.76. The molecule has 1 aromatic heterocycles. The number of nitrogen functional groups attached to an aromatic ring is 1. The fraction of sp³-hybridized carbons (Fsp3) is 0.667. The van der Waals surface area contributed by atoms with Crippen molar-refractivity contribution in [2.24, 2.45) is 5.84 Å². The molecule has 4 N–H and O–H groups in total. The number of hydrazine groups is 1. The molecule has 0 radical (unpaired) electrons. The van der Waals surface area contributed by atoms with E-state index in [1.165, 1.54) is 0 Å². The topological polar surface area (TPSA) is 112 Å². The minimum atomic E-state index is 0.103. The molecule has 9 heteroatoms. The number of hydrogen-bond acceptors (Lipinski definition) is 8. The van der Waals surface area contributed by atoms with E-state index in [0.717, 1.165) is 0 Å². The van der Waals surface area contributed by atoms with Crippen molar-refractivity contribution in [3.05, 3.63) is 0 Å². The molecule has 0 aliphatic carbocycles. The molecular weight excluding hydrogens is 272 g/mol. The average Bonchev–Trinajstić information content (AvgIpc) is 2.48. The third kappa shape index (κ3) is 5.03. The maximum Gasteiger partial charge on any atom is 0.243 e. The lowest BCUT2D eigenvalue weighted by Gasteiger charge is -2.18. The van der Waals surface area contributed by atoms with Gasteiger partial charge in [0.1, 0.15) is 0 Å². The molecule has 0 unspecified atom stereocenters. The summed E-state index contributed by atoms with van der Waals surface area (Å²) >= 11 is 0. The van der Waals surface area contributed by atoms with E-state index >= 15 is 0 Å². The highest BCUT2D eigenvalue weighted by Gasteiger charge is 2.10. The number of anilines is 3. The number of carbonyl (C=O) groups excluding carboxylic acids is 1. The second-order valence-electron chi connectivity index (χ2n) is 4.56. The van der Waals surface area contributed by atoms with Crippen LogP contribution in [0.25, 0.3) is 0 Å². The summed E-state index contributed by atoms with van der Waals surface area (Å²) in [4.78, 5) is 27.8. The molecule has 0 aromatic carbocycles. The second-order valence-corrected chi connectivity index (χ2v) is 4.56. The molecule has 118 valence electrons. The lowest BCUT2D eigenvalue weighted by molar-refractivity contribution is -0.130. The zero-order valence-electron chi connectivity index (χ0n) is 13.1. The summed E-state index contributed by atoms with van der Waals surface area (Å²) in [5.74, 6) is 6.57. The number of nitrogens with two attached hydrogens (primary N) is 1. The third-order valence-electron chi connectivity index (χ3n) is 2.89. The molecule has 1 rings (SSSR count). The van der Waals surface area contributed by atoms with Crippen LogP contribution in [0.3, 0.4) is 0 Å². The van der Waals surface area contributed by atoms with Crippen molar-refractivity contribution in [1.29, 1.82) is 0 Å². The number of amides is 1. The van der Waals surface area contributed by atoms with E-state index in [-0.39, 0.29) is 11.9 Å². The van der Waals surface area contributed by atoms with Crippen LogP contribution in [0.15, 0.2) is 0 Å². The summed E-state index contributed by atoms with van der Waals surface area (Å²) < 4.78 is 0. The Morgan fingerprint density at radius 1 is 1.14 bits per heavy atom. The molecule has 1 aromatic rings. The van der Waals surface area contributed by atoms with E-state index in [0.29, 0.717) is 38.0 Å². The first kappa shape index (κ1) is 16.9. The monoisotopic (exact) mass is 296 g/mol. The lowest BCUT2D eigenvalue weighted by Crippen LogP contribution is -2.31. The smallest absolute Gasteiger partial charge is 0.243 e. The van der Waals surface area contributed by atoms with E-state index in [1.807, 2.05) is 27.9 Å². The van der Waals surface area contributed by atoms with Crippen molar-refractivity contribution in [2.45, 2.75) is 20.3 Å². The maximum absolute atomic E-state index is 11.9. The van der Waals surface area contributed by atoms with Crippen LogP contribution in [0.4, 0.5) is 17.8 Å². The van der Waals surface area contributed by atoms with E-state index in [1.54, 1.807) is 9.80 Å². The largest absolute Gasteiger partial charge is 0.354 e. The summed E-state index contributed by atoms with van der Waals surface area (Å²) in [5, 5.41) is 3.02. The number of carbonyl (C=O) groups is 1. The van der Waals surface area contributed by atoms with Crippen molar-refractivity contribution in [3.63, 3.8) is 0 Å².